The van der Waals surface area contributed by atoms with Crippen LogP contribution in [0.5, 0.6) is 5.75 Å². The number of anilines is 1. The summed E-state index contributed by atoms with van der Waals surface area (Å²) in [5.41, 5.74) is -0.871. The monoisotopic (exact) mass is 691 g/mol. The van der Waals surface area contributed by atoms with Crippen molar-refractivity contribution in [1.29, 1.82) is 0 Å². The first-order valence-corrected chi connectivity index (χ1v) is 16.2. The zero-order valence-corrected chi connectivity index (χ0v) is 29.6. The number of likely N-dealkylation sites (N-methyl/N-ethyl adjacent to an activating group) is 1. The van der Waals surface area contributed by atoms with Gasteiger partial charge < -0.3 is 38.6 Å². The molecule has 3 aliphatic rings. The zero-order valence-electron chi connectivity index (χ0n) is 28.9. The number of epoxide rings is 1. The molecule has 0 aromatic heterocycles. The molecule has 2 saturated heterocycles. The fourth-order valence-electron chi connectivity index (χ4n) is 6.27. The van der Waals surface area contributed by atoms with Gasteiger partial charge in [-0.2, -0.15) is 0 Å². The largest absolute Gasteiger partial charge is 0.495 e. The smallest absolute Gasteiger partial charge is 0.409 e. The van der Waals surface area contributed by atoms with E-state index in [1.807, 2.05) is 13.0 Å². The number of alkyl carbamates (subject to hydrolysis) is 1. The third kappa shape index (κ3) is 7.64. The molecule has 3 amide bonds. The number of benzene rings is 1. The molecule has 48 heavy (non-hydrogen) atoms. The van der Waals surface area contributed by atoms with E-state index < -0.39 is 65.7 Å². The minimum atomic E-state index is -1.81. The van der Waals surface area contributed by atoms with Crippen LogP contribution in [0.25, 0.3) is 0 Å². The second-order valence-corrected chi connectivity index (χ2v) is 13.4. The van der Waals surface area contributed by atoms with E-state index in [9.17, 15) is 24.3 Å². The maximum atomic E-state index is 14.0. The van der Waals surface area contributed by atoms with Crippen molar-refractivity contribution < 1.29 is 48.0 Å². The van der Waals surface area contributed by atoms with Crippen LogP contribution >= 0.6 is 11.6 Å². The number of esters is 1. The Labute approximate surface area is 286 Å². The molecular formula is C34H46ClN3O10. The van der Waals surface area contributed by atoms with Crippen molar-refractivity contribution in [2.75, 3.05) is 33.2 Å². The quantitative estimate of drug-likeness (QED) is 0.346. The number of nitrogens with zero attached hydrogens (tertiary/aromatic N) is 2. The van der Waals surface area contributed by atoms with Crippen molar-refractivity contribution in [3.63, 3.8) is 0 Å². The number of allylic oxidation sites excluding steroid dienone is 3. The van der Waals surface area contributed by atoms with Gasteiger partial charge in [-0.15, -0.1) is 0 Å². The van der Waals surface area contributed by atoms with Gasteiger partial charge in [-0.25, -0.2) is 9.59 Å². The number of halogens is 1. The number of fused-ring (bicyclic) bond motifs is 5. The molecule has 14 heteroatoms. The third-order valence-electron chi connectivity index (χ3n) is 9.63. The van der Waals surface area contributed by atoms with Gasteiger partial charge in [0, 0.05) is 40.5 Å². The van der Waals surface area contributed by atoms with E-state index in [0.717, 1.165) is 11.1 Å². The van der Waals surface area contributed by atoms with Crippen LogP contribution in [-0.4, -0.2) is 104 Å². The lowest BCUT2D eigenvalue weighted by atomic mass is 9.83. The van der Waals surface area contributed by atoms with Gasteiger partial charge in [-0.1, -0.05) is 42.3 Å². The molecule has 0 radical (unpaired) electrons. The molecule has 0 saturated carbocycles. The molecule has 2 N–H and O–H groups in total. The maximum Gasteiger partial charge on any atom is 0.409 e. The Morgan fingerprint density at radius 3 is 2.56 bits per heavy atom. The molecule has 13 nitrogen and oxygen atoms in total. The molecule has 8 atom stereocenters. The summed E-state index contributed by atoms with van der Waals surface area (Å²) in [5.74, 6) is -1.63. The summed E-state index contributed by atoms with van der Waals surface area (Å²) in [6.07, 6.45) is 1.02. The molecule has 3 aliphatic heterocycles. The Hall–Kier alpha value is -3.65. The van der Waals surface area contributed by atoms with Crippen molar-refractivity contribution in [1.82, 2.24) is 10.2 Å². The molecule has 4 bridgehead atoms. The highest BCUT2D eigenvalue weighted by Crippen LogP contribution is 2.49. The predicted octanol–water partition coefficient (Wildman–Crippen LogP) is 3.53. The third-order valence-corrected chi connectivity index (χ3v) is 10.0. The molecule has 0 aliphatic carbocycles. The first kappa shape index (κ1) is 37.2. The summed E-state index contributed by atoms with van der Waals surface area (Å²) in [6.45, 7) is 8.29. The van der Waals surface area contributed by atoms with E-state index in [1.165, 1.54) is 44.9 Å². The van der Waals surface area contributed by atoms with Crippen LogP contribution in [0.2, 0.25) is 5.02 Å². The number of ether oxygens (including phenoxy) is 5. The van der Waals surface area contributed by atoms with E-state index in [2.05, 4.69) is 5.32 Å². The van der Waals surface area contributed by atoms with Crippen molar-refractivity contribution in [2.24, 2.45) is 5.92 Å². The van der Waals surface area contributed by atoms with E-state index in [4.69, 9.17) is 35.3 Å². The highest BCUT2D eigenvalue weighted by molar-refractivity contribution is 6.35. The summed E-state index contributed by atoms with van der Waals surface area (Å²) in [5, 5.41) is 14.4. The molecule has 2 fully saturated rings. The molecule has 1 aromatic rings. The zero-order chi connectivity index (χ0) is 35.7. The summed E-state index contributed by atoms with van der Waals surface area (Å²) >= 11 is 6.71. The molecule has 4 rings (SSSR count). The highest BCUT2D eigenvalue weighted by Gasteiger charge is 2.64. The van der Waals surface area contributed by atoms with E-state index in [-0.39, 0.29) is 23.8 Å². The lowest BCUT2D eigenvalue weighted by Gasteiger charge is -2.42. The van der Waals surface area contributed by atoms with E-state index >= 15 is 0 Å². The van der Waals surface area contributed by atoms with Crippen LogP contribution in [-0.2, 0) is 39.8 Å². The number of nitrogens with one attached hydrogen (secondary N) is 1. The molecule has 1 aromatic carbocycles. The van der Waals surface area contributed by atoms with Gasteiger partial charge in [0.1, 0.15) is 40.7 Å². The van der Waals surface area contributed by atoms with Crippen molar-refractivity contribution in [3.05, 3.63) is 46.5 Å². The van der Waals surface area contributed by atoms with Gasteiger partial charge >= 0.3 is 12.1 Å². The van der Waals surface area contributed by atoms with Crippen molar-refractivity contribution in [3.8, 4) is 5.75 Å². The van der Waals surface area contributed by atoms with Gasteiger partial charge in [0.25, 0.3) is 0 Å². The first-order chi connectivity index (χ1) is 22.4. The lowest BCUT2D eigenvalue weighted by Crippen LogP contribution is -2.63. The number of methoxy groups -OCH3 is 2. The Morgan fingerprint density at radius 1 is 1.25 bits per heavy atom. The minimum Gasteiger partial charge on any atom is -0.495 e. The Kier molecular flexibility index (Phi) is 11.2. The van der Waals surface area contributed by atoms with Crippen LogP contribution in [0, 0.1) is 5.92 Å². The first-order valence-electron chi connectivity index (χ1n) is 15.8. The lowest BCUT2D eigenvalue weighted by molar-refractivity contribution is -0.161. The molecular weight excluding hydrogens is 646 g/mol. The summed E-state index contributed by atoms with van der Waals surface area (Å²) < 4.78 is 28.9. The van der Waals surface area contributed by atoms with Gasteiger partial charge in [-0.3, -0.25) is 14.9 Å². The fourth-order valence-corrected chi connectivity index (χ4v) is 6.59. The van der Waals surface area contributed by atoms with Gasteiger partial charge in [0.05, 0.1) is 25.3 Å². The second kappa shape index (κ2) is 14.5. The van der Waals surface area contributed by atoms with Crippen molar-refractivity contribution in [2.45, 2.75) is 95.7 Å². The Bertz CT molecular complexity index is 1500. The van der Waals surface area contributed by atoms with Gasteiger partial charge in [0.2, 0.25) is 11.8 Å². The molecule has 3 heterocycles. The van der Waals surface area contributed by atoms with Crippen LogP contribution < -0.4 is 15.0 Å². The topological polar surface area (TPSA) is 156 Å². The van der Waals surface area contributed by atoms with Crippen LogP contribution in [0.15, 0.2) is 35.9 Å². The van der Waals surface area contributed by atoms with Crippen LogP contribution in [0.3, 0.4) is 0 Å². The maximum absolute atomic E-state index is 14.0. The average molecular weight is 692 g/mol. The normalized spacial score (nSPS) is 33.2. The molecule has 0 unspecified atom stereocenters. The number of carbonyl (C=O) groups excluding carboxylic acids is 4. The molecule has 0 spiro atoms. The van der Waals surface area contributed by atoms with E-state index in [0.29, 0.717) is 17.9 Å². The highest BCUT2D eigenvalue weighted by atomic mass is 35.5. The Morgan fingerprint density at radius 2 is 1.94 bits per heavy atom. The van der Waals surface area contributed by atoms with Crippen molar-refractivity contribution >= 4 is 41.2 Å². The standard InChI is InChI=1S/C34H46ClN3O10/c1-18-11-10-12-26(45-9)34(43)17-25(46-32(42)36-34)19(2)30-33(5,48-30)27(47-31(41)20(3)37(6)21(4)39)16-28(40)38(7)23-14-22(13-18)15-24(44-8)29(23)35/h10-12,14-15,19-20,25-27,30,43H,13,16-17H2,1-9H3,(H,36,42)/b12-10+,18-11-/t19-,20-,25-,26-,27+,30+,33+,34+/m0/s1. The number of hydrogen-bond donors (Lipinski definition) is 2. The number of rotatable bonds is 5. The second-order valence-electron chi connectivity index (χ2n) is 13.0. The summed E-state index contributed by atoms with van der Waals surface area (Å²) in [6, 6.07) is 2.63. The minimum absolute atomic E-state index is 0.0436. The summed E-state index contributed by atoms with van der Waals surface area (Å²) in [4.78, 5) is 54.7. The van der Waals surface area contributed by atoms with Crippen LogP contribution in [0.1, 0.15) is 53.0 Å². The van der Waals surface area contributed by atoms with E-state index in [1.54, 1.807) is 45.2 Å². The number of aliphatic hydroxyl groups is 1. The van der Waals surface area contributed by atoms with Gasteiger partial charge in [0.15, 0.2) is 5.72 Å². The summed E-state index contributed by atoms with van der Waals surface area (Å²) in [7, 11) is 5.97. The fraction of sp³-hybridized carbons (Fsp3) is 0.588. The van der Waals surface area contributed by atoms with Crippen LogP contribution in [0.4, 0.5) is 10.5 Å². The van der Waals surface area contributed by atoms with Gasteiger partial charge in [-0.05, 0) is 44.9 Å². The average Bonchev–Trinajstić information content (AvgIpc) is 3.73. The Balaban J connectivity index is 1.80. The predicted molar refractivity (Wildman–Crippen MR) is 177 cm³/mol. The SMILES string of the molecule is COc1cc2cc(c1Cl)N(C)C(=O)C[C@@H](OC(=O)[C@H](C)N(C)C(C)=O)[C@@]1(C)O[C@@H]1[C@@H](C)[C@@H]1C[C@](O)(NC(=O)O1)[C@@H](OC)/C=C/C=C(/C)C2. The number of hydrogen-bond acceptors (Lipinski definition) is 10. The number of amides is 3. The molecule has 264 valence electrons. The number of carbonyl (C=O) groups is 4.